The molecule has 3 aromatic rings. The number of benzene rings is 2. The largest absolute Gasteiger partial charge is 0.511 e. The standard InChI is InChI=1S/C24H26N2O2/c1-16-11-17(2)13-19(12-16)14-25-15-21(20-7-4-5-8-23(20)25)24(28)26-10-6-9-22(26)18(3)27/h4-5,7-8,11-13,15,22,27H,3,6,9-10,14H2,1-2H3. The number of amides is 1. The molecule has 0 bridgehead atoms. The first-order chi connectivity index (χ1) is 13.4. The first-order valence-electron chi connectivity index (χ1n) is 9.78. The molecule has 0 aliphatic carbocycles. The van der Waals surface area contributed by atoms with Crippen LogP contribution in [-0.4, -0.2) is 33.1 Å². The Kier molecular flexibility index (Phi) is 4.71. The van der Waals surface area contributed by atoms with Crippen molar-refractivity contribution in [3.8, 4) is 0 Å². The van der Waals surface area contributed by atoms with E-state index in [1.54, 1.807) is 4.90 Å². The van der Waals surface area contributed by atoms with Gasteiger partial charge in [0.25, 0.3) is 5.91 Å². The lowest BCUT2D eigenvalue weighted by atomic mass is 10.1. The molecule has 1 N–H and O–H groups in total. The molecule has 1 aromatic heterocycles. The van der Waals surface area contributed by atoms with Crippen LogP contribution in [0.15, 0.2) is 61.0 Å². The van der Waals surface area contributed by atoms with Crippen molar-refractivity contribution in [1.82, 2.24) is 9.47 Å². The maximum absolute atomic E-state index is 13.3. The summed E-state index contributed by atoms with van der Waals surface area (Å²) in [4.78, 5) is 15.1. The molecule has 0 saturated carbocycles. The molecule has 4 heteroatoms. The second kappa shape index (κ2) is 7.19. The number of para-hydroxylation sites is 1. The molecule has 1 amide bonds. The van der Waals surface area contributed by atoms with Gasteiger partial charge in [-0.25, -0.2) is 0 Å². The Morgan fingerprint density at radius 3 is 2.61 bits per heavy atom. The summed E-state index contributed by atoms with van der Waals surface area (Å²) in [6.45, 7) is 9.24. The van der Waals surface area contributed by atoms with Gasteiger partial charge in [0.2, 0.25) is 0 Å². The number of carbonyl (C=O) groups excluding carboxylic acids is 1. The number of likely N-dealkylation sites (tertiary alicyclic amines) is 1. The van der Waals surface area contributed by atoms with E-state index >= 15 is 0 Å². The van der Waals surface area contributed by atoms with Crippen LogP contribution in [0.1, 0.15) is 39.9 Å². The molecule has 1 saturated heterocycles. The molecular weight excluding hydrogens is 348 g/mol. The molecule has 1 aliphatic rings. The lowest BCUT2D eigenvalue weighted by Crippen LogP contribution is -2.36. The Morgan fingerprint density at radius 1 is 1.18 bits per heavy atom. The molecule has 1 atom stereocenters. The normalized spacial score (nSPS) is 16.6. The first-order valence-corrected chi connectivity index (χ1v) is 9.78. The molecular formula is C24H26N2O2. The molecule has 144 valence electrons. The van der Waals surface area contributed by atoms with E-state index in [0.717, 1.165) is 23.7 Å². The fourth-order valence-corrected chi connectivity index (χ4v) is 4.42. The quantitative estimate of drug-likeness (QED) is 0.655. The third-order valence-corrected chi connectivity index (χ3v) is 5.55. The minimum atomic E-state index is -0.283. The second-order valence-corrected chi connectivity index (χ2v) is 7.83. The van der Waals surface area contributed by atoms with E-state index in [1.807, 2.05) is 24.4 Å². The summed E-state index contributed by atoms with van der Waals surface area (Å²) in [5.41, 5.74) is 5.44. The van der Waals surface area contributed by atoms with Gasteiger partial charge in [0, 0.05) is 30.2 Å². The van der Waals surface area contributed by atoms with Crippen molar-refractivity contribution in [3.63, 3.8) is 0 Å². The van der Waals surface area contributed by atoms with Crippen LogP contribution in [0.4, 0.5) is 0 Å². The van der Waals surface area contributed by atoms with Gasteiger partial charge in [-0.2, -0.15) is 0 Å². The maximum atomic E-state index is 13.3. The van der Waals surface area contributed by atoms with Crippen LogP contribution in [0.5, 0.6) is 0 Å². The first kappa shape index (κ1) is 18.4. The molecule has 28 heavy (non-hydrogen) atoms. The van der Waals surface area contributed by atoms with E-state index in [1.165, 1.54) is 16.7 Å². The highest BCUT2D eigenvalue weighted by Gasteiger charge is 2.32. The number of aliphatic hydroxyl groups excluding tert-OH is 1. The van der Waals surface area contributed by atoms with Crippen molar-refractivity contribution in [1.29, 1.82) is 0 Å². The van der Waals surface area contributed by atoms with Crippen molar-refractivity contribution in [2.45, 2.75) is 39.3 Å². The summed E-state index contributed by atoms with van der Waals surface area (Å²) in [5, 5.41) is 10.8. The number of hydrogen-bond donors (Lipinski definition) is 1. The van der Waals surface area contributed by atoms with Gasteiger partial charge < -0.3 is 14.6 Å². The zero-order valence-electron chi connectivity index (χ0n) is 16.5. The third kappa shape index (κ3) is 3.31. The predicted molar refractivity (Wildman–Crippen MR) is 113 cm³/mol. The highest BCUT2D eigenvalue weighted by atomic mass is 16.3. The molecule has 1 fully saturated rings. The Labute approximate surface area is 165 Å². The van der Waals surface area contributed by atoms with Crippen LogP contribution >= 0.6 is 0 Å². The zero-order chi connectivity index (χ0) is 19.8. The fourth-order valence-electron chi connectivity index (χ4n) is 4.42. The molecule has 1 aliphatic heterocycles. The van der Waals surface area contributed by atoms with Crippen molar-refractivity contribution < 1.29 is 9.90 Å². The Hall–Kier alpha value is -3.01. The van der Waals surface area contributed by atoms with Crippen LogP contribution in [0.2, 0.25) is 0 Å². The van der Waals surface area contributed by atoms with Gasteiger partial charge in [-0.3, -0.25) is 4.79 Å². The molecule has 4 nitrogen and oxygen atoms in total. The number of aliphatic hydroxyl groups is 1. The monoisotopic (exact) mass is 374 g/mol. The zero-order valence-corrected chi connectivity index (χ0v) is 16.5. The van der Waals surface area contributed by atoms with Crippen LogP contribution in [0.25, 0.3) is 10.9 Å². The number of hydrogen-bond acceptors (Lipinski definition) is 2. The van der Waals surface area contributed by atoms with Gasteiger partial charge in [-0.1, -0.05) is 54.1 Å². The average molecular weight is 374 g/mol. The second-order valence-electron chi connectivity index (χ2n) is 7.83. The number of carbonyl (C=O) groups is 1. The summed E-state index contributed by atoms with van der Waals surface area (Å²) in [6, 6.07) is 14.3. The topological polar surface area (TPSA) is 45.5 Å². The Morgan fingerprint density at radius 2 is 1.89 bits per heavy atom. The molecule has 4 rings (SSSR count). The number of fused-ring (bicyclic) bond motifs is 1. The minimum Gasteiger partial charge on any atom is -0.511 e. The van der Waals surface area contributed by atoms with Crippen LogP contribution in [0, 0.1) is 13.8 Å². The van der Waals surface area contributed by atoms with Crippen molar-refractivity contribution in [2.24, 2.45) is 0 Å². The predicted octanol–water partition coefficient (Wildman–Crippen LogP) is 4.98. The van der Waals surface area contributed by atoms with Gasteiger partial charge in [0.15, 0.2) is 0 Å². The van der Waals surface area contributed by atoms with Crippen molar-refractivity contribution in [2.75, 3.05) is 6.54 Å². The highest BCUT2D eigenvalue weighted by molar-refractivity contribution is 6.07. The van der Waals surface area contributed by atoms with E-state index in [4.69, 9.17) is 0 Å². The molecule has 2 heterocycles. The van der Waals surface area contributed by atoms with Crippen LogP contribution in [0.3, 0.4) is 0 Å². The van der Waals surface area contributed by atoms with Crippen LogP contribution in [-0.2, 0) is 6.54 Å². The number of aromatic nitrogens is 1. The summed E-state index contributed by atoms with van der Waals surface area (Å²) in [5.74, 6) is 0.0397. The summed E-state index contributed by atoms with van der Waals surface area (Å²) >= 11 is 0. The summed E-state index contributed by atoms with van der Waals surface area (Å²) < 4.78 is 2.15. The summed E-state index contributed by atoms with van der Waals surface area (Å²) in [7, 11) is 0. The third-order valence-electron chi connectivity index (χ3n) is 5.55. The average Bonchev–Trinajstić information content (AvgIpc) is 3.26. The minimum absolute atomic E-state index is 0.0342. The summed E-state index contributed by atoms with van der Waals surface area (Å²) in [6.07, 6.45) is 3.61. The fraction of sp³-hybridized carbons (Fsp3) is 0.292. The highest BCUT2D eigenvalue weighted by Crippen LogP contribution is 2.28. The van der Waals surface area contributed by atoms with E-state index < -0.39 is 0 Å². The van der Waals surface area contributed by atoms with Crippen molar-refractivity contribution >= 4 is 16.8 Å². The van der Waals surface area contributed by atoms with Gasteiger partial charge in [-0.15, -0.1) is 0 Å². The number of rotatable bonds is 4. The Bertz CT molecular complexity index is 1040. The van der Waals surface area contributed by atoms with Crippen molar-refractivity contribution in [3.05, 3.63) is 83.3 Å². The van der Waals surface area contributed by atoms with Gasteiger partial charge in [0.1, 0.15) is 5.76 Å². The number of nitrogens with zero attached hydrogens (tertiary/aromatic N) is 2. The molecule has 1 unspecified atom stereocenters. The molecule has 0 spiro atoms. The lowest BCUT2D eigenvalue weighted by molar-refractivity contribution is 0.0731. The van der Waals surface area contributed by atoms with Gasteiger partial charge in [0.05, 0.1) is 11.6 Å². The molecule has 2 aromatic carbocycles. The van der Waals surface area contributed by atoms with Gasteiger partial charge in [-0.05, 0) is 38.3 Å². The van der Waals surface area contributed by atoms with Gasteiger partial charge >= 0.3 is 0 Å². The smallest absolute Gasteiger partial charge is 0.256 e. The van der Waals surface area contributed by atoms with E-state index in [9.17, 15) is 9.90 Å². The van der Waals surface area contributed by atoms with E-state index in [-0.39, 0.29) is 17.7 Å². The molecule has 0 radical (unpaired) electrons. The van der Waals surface area contributed by atoms with Crippen LogP contribution < -0.4 is 0 Å². The van der Waals surface area contributed by atoms with E-state index in [2.05, 4.69) is 49.3 Å². The SMILES string of the molecule is C=C(O)C1CCCN1C(=O)c1cn(Cc2cc(C)cc(C)c2)c2ccccc12. The Balaban J connectivity index is 1.74. The lowest BCUT2D eigenvalue weighted by Gasteiger charge is -2.23. The maximum Gasteiger partial charge on any atom is 0.256 e. The number of aryl methyl sites for hydroxylation is 2. The van der Waals surface area contributed by atoms with E-state index in [0.29, 0.717) is 18.7 Å².